The quantitative estimate of drug-likeness (QED) is 0.463. The van der Waals surface area contributed by atoms with E-state index in [1.165, 1.54) is 6.20 Å². The zero-order valence-electron chi connectivity index (χ0n) is 5.69. The summed E-state index contributed by atoms with van der Waals surface area (Å²) in [5.74, 6) is 0. The molecular weight excluding hydrogens is 118 g/mol. The van der Waals surface area contributed by atoms with Crippen LogP contribution in [0.25, 0.3) is 0 Å². The van der Waals surface area contributed by atoms with Gasteiger partial charge in [0.1, 0.15) is 0 Å². The van der Waals surface area contributed by atoms with Crippen molar-refractivity contribution in [1.82, 2.24) is 5.48 Å². The summed E-state index contributed by atoms with van der Waals surface area (Å²) in [6, 6.07) is 0. The van der Waals surface area contributed by atoms with Gasteiger partial charge in [-0.3, -0.25) is 5.48 Å². The van der Waals surface area contributed by atoms with Crippen molar-refractivity contribution >= 4 is 8.32 Å². The molecule has 0 aliphatic heterocycles. The molecule has 0 unspecified atom stereocenters. The van der Waals surface area contributed by atoms with E-state index < -0.39 is 8.32 Å². The lowest BCUT2D eigenvalue weighted by atomic mass is 11.1. The Morgan fingerprint density at radius 2 is 2.00 bits per heavy atom. The summed E-state index contributed by atoms with van der Waals surface area (Å²) in [5.41, 5.74) is 2.61. The van der Waals surface area contributed by atoms with Crippen molar-refractivity contribution in [3.05, 3.63) is 12.8 Å². The first-order chi connectivity index (χ1) is 3.56. The molecule has 2 nitrogen and oxygen atoms in total. The highest BCUT2D eigenvalue weighted by atomic mass is 28.4. The number of hydrogen-bond donors (Lipinski definition) is 1. The summed E-state index contributed by atoms with van der Waals surface area (Å²) in [6.07, 6.45) is 1.54. The third-order valence-corrected chi connectivity index (χ3v) is 1.18. The van der Waals surface area contributed by atoms with Crippen LogP contribution in [-0.4, -0.2) is 8.32 Å². The molecule has 0 bridgehead atoms. The fraction of sp³-hybridized carbons (Fsp3) is 0.600. The fourth-order valence-corrected chi connectivity index (χ4v) is 0.655. The van der Waals surface area contributed by atoms with Crippen molar-refractivity contribution in [3.8, 4) is 0 Å². The Kier molecular flexibility index (Phi) is 2.79. The van der Waals surface area contributed by atoms with Crippen LogP contribution < -0.4 is 5.48 Å². The van der Waals surface area contributed by atoms with Crippen molar-refractivity contribution < 1.29 is 4.53 Å². The maximum Gasteiger partial charge on any atom is 0.220 e. The molecule has 48 valence electrons. The summed E-state index contributed by atoms with van der Waals surface area (Å²) in [5, 5.41) is 0. The lowest BCUT2D eigenvalue weighted by Crippen LogP contribution is -2.30. The molecule has 0 heterocycles. The van der Waals surface area contributed by atoms with Gasteiger partial charge in [-0.15, -0.1) is 0 Å². The zero-order valence-corrected chi connectivity index (χ0v) is 6.69. The van der Waals surface area contributed by atoms with Crippen LogP contribution in [-0.2, 0) is 4.53 Å². The summed E-state index contributed by atoms with van der Waals surface area (Å²) >= 11 is 0. The number of rotatable bonds is 3. The minimum Gasteiger partial charge on any atom is -0.323 e. The van der Waals surface area contributed by atoms with Crippen molar-refractivity contribution in [2.45, 2.75) is 19.6 Å². The van der Waals surface area contributed by atoms with Gasteiger partial charge >= 0.3 is 0 Å². The highest BCUT2D eigenvalue weighted by Crippen LogP contribution is 1.98. The van der Waals surface area contributed by atoms with Crippen molar-refractivity contribution in [1.29, 1.82) is 0 Å². The molecule has 0 rings (SSSR count). The summed E-state index contributed by atoms with van der Waals surface area (Å²) in [4.78, 5) is 0. The fourth-order valence-electron chi connectivity index (χ4n) is 0.218. The number of hydroxylamine groups is 1. The average molecular weight is 131 g/mol. The van der Waals surface area contributed by atoms with Gasteiger partial charge in [-0.25, -0.2) is 0 Å². The van der Waals surface area contributed by atoms with Crippen LogP contribution in [0, 0.1) is 0 Å². The van der Waals surface area contributed by atoms with Crippen molar-refractivity contribution in [2.75, 3.05) is 0 Å². The van der Waals surface area contributed by atoms with Gasteiger partial charge in [-0.05, 0) is 19.6 Å². The first-order valence-electron chi connectivity index (χ1n) is 2.61. The van der Waals surface area contributed by atoms with E-state index in [0.29, 0.717) is 0 Å². The molecule has 0 aromatic carbocycles. The van der Waals surface area contributed by atoms with Crippen LogP contribution in [0.1, 0.15) is 0 Å². The summed E-state index contributed by atoms with van der Waals surface area (Å²) in [6.45, 7) is 9.75. The van der Waals surface area contributed by atoms with Crippen molar-refractivity contribution in [2.24, 2.45) is 0 Å². The van der Waals surface area contributed by atoms with Crippen LogP contribution >= 0.6 is 0 Å². The molecule has 0 atom stereocenters. The molecule has 0 fully saturated rings. The molecule has 0 saturated carbocycles. The lowest BCUT2D eigenvalue weighted by molar-refractivity contribution is 0.235. The van der Waals surface area contributed by atoms with Gasteiger partial charge in [0.15, 0.2) is 0 Å². The predicted molar refractivity (Wildman–Crippen MR) is 37.8 cm³/mol. The van der Waals surface area contributed by atoms with E-state index in [-0.39, 0.29) is 0 Å². The minimum atomic E-state index is -1.36. The molecule has 0 aromatic heterocycles. The second-order valence-electron chi connectivity index (χ2n) is 2.54. The Hall–Kier alpha value is -0.283. The van der Waals surface area contributed by atoms with Gasteiger partial charge in [0.05, 0.1) is 0 Å². The Labute approximate surface area is 51.6 Å². The smallest absolute Gasteiger partial charge is 0.220 e. The highest BCUT2D eigenvalue weighted by molar-refractivity contribution is 6.69. The third-order valence-electron chi connectivity index (χ3n) is 0.448. The maximum atomic E-state index is 5.15. The van der Waals surface area contributed by atoms with E-state index in [9.17, 15) is 0 Å². The van der Waals surface area contributed by atoms with E-state index in [1.54, 1.807) is 0 Å². The van der Waals surface area contributed by atoms with Gasteiger partial charge in [-0.2, -0.15) is 0 Å². The topological polar surface area (TPSA) is 21.3 Å². The molecule has 0 amide bonds. The normalized spacial score (nSPS) is 10.9. The molecule has 0 aromatic rings. The van der Waals surface area contributed by atoms with Gasteiger partial charge in [-0.1, -0.05) is 6.58 Å². The Morgan fingerprint density at radius 1 is 1.50 bits per heavy atom. The van der Waals surface area contributed by atoms with Gasteiger partial charge in [0, 0.05) is 6.20 Å². The molecule has 3 heteroatoms. The number of hydrogen-bond acceptors (Lipinski definition) is 2. The molecule has 0 spiro atoms. The monoisotopic (exact) mass is 131 g/mol. The highest BCUT2D eigenvalue weighted by Gasteiger charge is 2.13. The van der Waals surface area contributed by atoms with Crippen LogP contribution in [0.3, 0.4) is 0 Å². The minimum absolute atomic E-state index is 1.36. The second kappa shape index (κ2) is 2.89. The largest absolute Gasteiger partial charge is 0.323 e. The van der Waals surface area contributed by atoms with Crippen molar-refractivity contribution in [3.63, 3.8) is 0 Å². The third kappa shape index (κ3) is 5.72. The molecule has 0 radical (unpaired) electrons. The zero-order chi connectivity index (χ0) is 6.62. The first-order valence-corrected chi connectivity index (χ1v) is 6.01. The predicted octanol–water partition coefficient (Wildman–Crippen LogP) is 1.49. The maximum absolute atomic E-state index is 5.15. The Bertz CT molecular complexity index is 77.0. The molecule has 8 heavy (non-hydrogen) atoms. The number of nitrogens with one attached hydrogen (secondary N) is 1. The molecule has 1 N–H and O–H groups in total. The van der Waals surface area contributed by atoms with E-state index in [0.717, 1.165) is 0 Å². The Balaban J connectivity index is 3.24. The van der Waals surface area contributed by atoms with E-state index >= 15 is 0 Å². The lowest BCUT2D eigenvalue weighted by Gasteiger charge is -2.14. The molecule has 0 aliphatic rings. The standard InChI is InChI=1S/C5H13NOSi/c1-5-6-7-8(2,3)4/h5-6H,1H2,2-4H3. The van der Waals surface area contributed by atoms with Crippen LogP contribution in [0.4, 0.5) is 0 Å². The second-order valence-corrected chi connectivity index (χ2v) is 6.97. The molecule has 0 saturated heterocycles. The molecule has 0 aliphatic carbocycles. The van der Waals surface area contributed by atoms with Crippen LogP contribution in [0.5, 0.6) is 0 Å². The van der Waals surface area contributed by atoms with E-state index in [1.807, 2.05) is 0 Å². The summed E-state index contributed by atoms with van der Waals surface area (Å²) < 4.78 is 5.15. The average Bonchev–Trinajstić information content (AvgIpc) is 1.59. The van der Waals surface area contributed by atoms with Crippen LogP contribution in [0.2, 0.25) is 19.6 Å². The van der Waals surface area contributed by atoms with E-state index in [4.69, 9.17) is 4.53 Å². The van der Waals surface area contributed by atoms with E-state index in [2.05, 4.69) is 31.7 Å². The first kappa shape index (κ1) is 7.72. The summed E-state index contributed by atoms with van der Waals surface area (Å²) in [7, 11) is -1.36. The van der Waals surface area contributed by atoms with Gasteiger partial charge in [0.25, 0.3) is 0 Å². The van der Waals surface area contributed by atoms with Gasteiger partial charge < -0.3 is 4.53 Å². The van der Waals surface area contributed by atoms with Crippen LogP contribution in [0.15, 0.2) is 12.8 Å². The van der Waals surface area contributed by atoms with Gasteiger partial charge in [0.2, 0.25) is 8.32 Å². The Morgan fingerprint density at radius 3 is 2.12 bits per heavy atom. The molecular formula is C5H13NOSi. The SMILES string of the molecule is C=CNO[Si](C)(C)C.